The molecule has 1 aromatic rings. The van der Waals surface area contributed by atoms with Crippen molar-refractivity contribution in [1.82, 2.24) is 20.1 Å². The summed E-state index contributed by atoms with van der Waals surface area (Å²) in [5.74, 6) is -0.367. The zero-order chi connectivity index (χ0) is 15.9. The number of aromatic amines is 1. The molecule has 1 unspecified atom stereocenters. The van der Waals surface area contributed by atoms with Crippen LogP contribution in [-0.2, 0) is 9.59 Å². The second kappa shape index (κ2) is 5.47. The Kier molecular flexibility index (Phi) is 3.64. The fourth-order valence-electron chi connectivity index (χ4n) is 3.12. The minimum atomic E-state index is -0.269. The Labute approximate surface area is 128 Å². The molecule has 1 atom stereocenters. The number of carbonyl (C=O) groups excluding carboxylic acids is 3. The van der Waals surface area contributed by atoms with E-state index < -0.39 is 0 Å². The molecule has 0 bridgehead atoms. The van der Waals surface area contributed by atoms with Crippen molar-refractivity contribution in [3.05, 3.63) is 23.5 Å². The van der Waals surface area contributed by atoms with Crippen LogP contribution in [0.3, 0.4) is 0 Å². The molecule has 0 spiro atoms. The third-order valence-corrected chi connectivity index (χ3v) is 4.55. The van der Waals surface area contributed by atoms with E-state index in [0.29, 0.717) is 25.2 Å². The summed E-state index contributed by atoms with van der Waals surface area (Å²) in [6.45, 7) is 3.42. The van der Waals surface area contributed by atoms with Crippen LogP contribution in [-0.4, -0.2) is 65.2 Å². The molecular weight excluding hydrogens is 284 g/mol. The molecule has 7 heteroatoms. The predicted molar refractivity (Wildman–Crippen MR) is 79.1 cm³/mol. The van der Waals surface area contributed by atoms with E-state index in [9.17, 15) is 14.4 Å². The number of hydrogen-bond donors (Lipinski definition) is 2. The summed E-state index contributed by atoms with van der Waals surface area (Å²) in [6.07, 6.45) is 3.76. The fourth-order valence-corrected chi connectivity index (χ4v) is 3.12. The summed E-state index contributed by atoms with van der Waals surface area (Å²) in [4.78, 5) is 42.4. The molecular formula is C15H20N4O3. The van der Waals surface area contributed by atoms with Crippen molar-refractivity contribution in [2.24, 2.45) is 5.92 Å². The van der Waals surface area contributed by atoms with Gasteiger partial charge in [-0.2, -0.15) is 0 Å². The Morgan fingerprint density at radius 3 is 2.59 bits per heavy atom. The lowest BCUT2D eigenvalue weighted by molar-refractivity contribution is -0.132. The van der Waals surface area contributed by atoms with Gasteiger partial charge in [-0.25, -0.2) is 0 Å². The van der Waals surface area contributed by atoms with Crippen molar-refractivity contribution in [2.75, 3.05) is 26.7 Å². The van der Waals surface area contributed by atoms with Gasteiger partial charge in [0.05, 0.1) is 17.5 Å². The second-order valence-electron chi connectivity index (χ2n) is 5.98. The van der Waals surface area contributed by atoms with Gasteiger partial charge < -0.3 is 20.1 Å². The van der Waals surface area contributed by atoms with Gasteiger partial charge in [-0.05, 0) is 12.5 Å². The number of aromatic nitrogens is 1. The molecule has 118 valence electrons. The highest BCUT2D eigenvalue weighted by Crippen LogP contribution is 2.26. The molecule has 0 saturated carbocycles. The van der Waals surface area contributed by atoms with Gasteiger partial charge in [0.1, 0.15) is 0 Å². The number of H-pyrrole nitrogens is 1. The van der Waals surface area contributed by atoms with Crippen molar-refractivity contribution >= 4 is 17.7 Å². The van der Waals surface area contributed by atoms with E-state index in [4.69, 9.17) is 0 Å². The largest absolute Gasteiger partial charge is 0.367 e. The van der Waals surface area contributed by atoms with E-state index in [-0.39, 0.29) is 36.1 Å². The quantitative estimate of drug-likeness (QED) is 0.807. The SMILES string of the molecule is CNC(=O)C1CC(=O)N(C2CN(C(=O)c3c[nH]cc3C)C2)C1. The van der Waals surface area contributed by atoms with Crippen molar-refractivity contribution in [2.45, 2.75) is 19.4 Å². The second-order valence-corrected chi connectivity index (χ2v) is 5.98. The normalized spacial score (nSPS) is 21.9. The number of carbonyl (C=O) groups is 3. The average Bonchev–Trinajstić information content (AvgIpc) is 3.03. The molecule has 2 N–H and O–H groups in total. The van der Waals surface area contributed by atoms with Gasteiger partial charge in [0.15, 0.2) is 0 Å². The van der Waals surface area contributed by atoms with E-state index in [2.05, 4.69) is 10.3 Å². The third-order valence-electron chi connectivity index (χ3n) is 4.55. The van der Waals surface area contributed by atoms with Gasteiger partial charge in [-0.15, -0.1) is 0 Å². The lowest BCUT2D eigenvalue weighted by atomic mass is 10.0. The molecule has 2 aliphatic heterocycles. The lowest BCUT2D eigenvalue weighted by Gasteiger charge is -2.44. The van der Waals surface area contributed by atoms with E-state index in [1.807, 2.05) is 6.92 Å². The van der Waals surface area contributed by atoms with E-state index in [1.165, 1.54) is 0 Å². The van der Waals surface area contributed by atoms with Crippen LogP contribution in [0.2, 0.25) is 0 Å². The minimum Gasteiger partial charge on any atom is -0.367 e. The Morgan fingerprint density at radius 1 is 1.27 bits per heavy atom. The van der Waals surface area contributed by atoms with E-state index >= 15 is 0 Å². The molecule has 2 fully saturated rings. The smallest absolute Gasteiger partial charge is 0.255 e. The van der Waals surface area contributed by atoms with Crippen LogP contribution in [0.15, 0.2) is 12.4 Å². The highest BCUT2D eigenvalue weighted by Gasteiger charge is 2.43. The van der Waals surface area contributed by atoms with Gasteiger partial charge in [-0.3, -0.25) is 14.4 Å². The third kappa shape index (κ3) is 2.36. The molecule has 1 aromatic heterocycles. The molecule has 3 heterocycles. The van der Waals surface area contributed by atoms with Gasteiger partial charge >= 0.3 is 0 Å². The maximum absolute atomic E-state index is 12.3. The molecule has 2 saturated heterocycles. The molecule has 0 aromatic carbocycles. The lowest BCUT2D eigenvalue weighted by Crippen LogP contribution is -2.61. The fraction of sp³-hybridized carbons (Fsp3) is 0.533. The minimum absolute atomic E-state index is 0.00326. The van der Waals surface area contributed by atoms with Crippen molar-refractivity contribution in [3.8, 4) is 0 Å². The summed E-state index contributed by atoms with van der Waals surface area (Å²) in [6, 6.07) is 0.0327. The number of aryl methyl sites for hydroxylation is 1. The Balaban J connectivity index is 1.58. The van der Waals surface area contributed by atoms with E-state index in [1.54, 1.807) is 29.2 Å². The van der Waals surface area contributed by atoms with Crippen LogP contribution in [0.5, 0.6) is 0 Å². The number of amides is 3. The van der Waals surface area contributed by atoms with Gasteiger partial charge in [0.2, 0.25) is 11.8 Å². The topological polar surface area (TPSA) is 85.5 Å². The first-order valence-electron chi connectivity index (χ1n) is 7.45. The summed E-state index contributed by atoms with van der Waals surface area (Å²) in [5, 5.41) is 2.59. The number of likely N-dealkylation sites (tertiary alicyclic amines) is 2. The first-order valence-corrected chi connectivity index (χ1v) is 7.45. The first-order chi connectivity index (χ1) is 10.5. The van der Waals surface area contributed by atoms with Crippen LogP contribution in [0, 0.1) is 12.8 Å². The van der Waals surface area contributed by atoms with Crippen LogP contribution in [0.25, 0.3) is 0 Å². The summed E-state index contributed by atoms with van der Waals surface area (Å²) in [7, 11) is 1.58. The monoisotopic (exact) mass is 304 g/mol. The predicted octanol–water partition coefficient (Wildman–Crippen LogP) is -0.258. The molecule has 0 radical (unpaired) electrons. The van der Waals surface area contributed by atoms with Crippen molar-refractivity contribution in [1.29, 1.82) is 0 Å². The van der Waals surface area contributed by atoms with Crippen LogP contribution in [0.1, 0.15) is 22.3 Å². The van der Waals surface area contributed by atoms with Crippen molar-refractivity contribution < 1.29 is 14.4 Å². The standard InChI is InChI=1S/C15H20N4O3/c1-9-4-17-5-12(9)15(22)18-7-11(8-18)19-6-10(3-13(19)20)14(21)16-2/h4-5,10-11,17H,3,6-8H2,1-2H3,(H,16,21). The van der Waals surface area contributed by atoms with Crippen LogP contribution < -0.4 is 5.32 Å². The summed E-state index contributed by atoms with van der Waals surface area (Å²) in [5.41, 5.74) is 1.60. The van der Waals surface area contributed by atoms with Crippen LogP contribution >= 0.6 is 0 Å². The molecule has 2 aliphatic rings. The zero-order valence-corrected chi connectivity index (χ0v) is 12.8. The molecule has 3 rings (SSSR count). The highest BCUT2D eigenvalue weighted by atomic mass is 16.2. The summed E-state index contributed by atoms with van der Waals surface area (Å²) >= 11 is 0. The Bertz CT molecular complexity index is 618. The number of rotatable bonds is 3. The molecule has 7 nitrogen and oxygen atoms in total. The number of nitrogens with one attached hydrogen (secondary N) is 2. The number of hydrogen-bond acceptors (Lipinski definition) is 3. The number of nitrogens with zero attached hydrogens (tertiary/aromatic N) is 2. The Morgan fingerprint density at radius 2 is 2.00 bits per heavy atom. The first kappa shape index (κ1) is 14.6. The van der Waals surface area contributed by atoms with Gasteiger partial charge in [0, 0.05) is 45.5 Å². The molecule has 22 heavy (non-hydrogen) atoms. The van der Waals surface area contributed by atoms with E-state index in [0.717, 1.165) is 5.56 Å². The average molecular weight is 304 g/mol. The van der Waals surface area contributed by atoms with Crippen molar-refractivity contribution in [3.63, 3.8) is 0 Å². The van der Waals surface area contributed by atoms with Gasteiger partial charge in [-0.1, -0.05) is 0 Å². The molecule has 3 amide bonds. The maximum atomic E-state index is 12.3. The van der Waals surface area contributed by atoms with Crippen LogP contribution in [0.4, 0.5) is 0 Å². The highest BCUT2D eigenvalue weighted by molar-refractivity contribution is 5.96. The maximum Gasteiger partial charge on any atom is 0.255 e. The zero-order valence-electron chi connectivity index (χ0n) is 12.8. The van der Waals surface area contributed by atoms with Gasteiger partial charge in [0.25, 0.3) is 5.91 Å². The Hall–Kier alpha value is -2.31. The summed E-state index contributed by atoms with van der Waals surface area (Å²) < 4.78 is 0. The molecule has 0 aliphatic carbocycles.